The third-order valence-corrected chi connectivity index (χ3v) is 3.54. The number of nitrogens with one attached hydrogen (secondary N) is 2. The summed E-state index contributed by atoms with van der Waals surface area (Å²) in [5, 5.41) is 14.3. The molecular formula is C17H13ClN4O3. The zero-order valence-electron chi connectivity index (χ0n) is 12.8. The fourth-order valence-corrected chi connectivity index (χ4v) is 2.30. The lowest BCUT2D eigenvalue weighted by Crippen LogP contribution is -2.41. The Bertz CT molecular complexity index is 925. The summed E-state index contributed by atoms with van der Waals surface area (Å²) in [6.07, 6.45) is 1.31. The van der Waals surface area contributed by atoms with E-state index in [1.807, 2.05) is 6.07 Å². The molecule has 25 heavy (non-hydrogen) atoms. The molecule has 3 aromatic rings. The smallest absolute Gasteiger partial charge is 0.294 e. The summed E-state index contributed by atoms with van der Waals surface area (Å²) >= 11 is 5.82. The predicted octanol–water partition coefficient (Wildman–Crippen LogP) is 2.31. The molecule has 126 valence electrons. The van der Waals surface area contributed by atoms with Crippen molar-refractivity contribution in [3.05, 3.63) is 77.1 Å². The Labute approximate surface area is 147 Å². The van der Waals surface area contributed by atoms with Crippen LogP contribution in [0, 0.1) is 0 Å². The normalized spacial score (nSPS) is 10.3. The number of halogens is 1. The number of aromatic hydroxyl groups is 1. The van der Waals surface area contributed by atoms with E-state index in [-0.39, 0.29) is 17.0 Å². The molecule has 0 fully saturated rings. The third-order valence-electron chi connectivity index (χ3n) is 3.31. The van der Waals surface area contributed by atoms with E-state index in [4.69, 9.17) is 11.6 Å². The van der Waals surface area contributed by atoms with Gasteiger partial charge in [-0.05, 0) is 30.3 Å². The van der Waals surface area contributed by atoms with Crippen LogP contribution in [0.15, 0.2) is 60.8 Å². The van der Waals surface area contributed by atoms with E-state index in [0.29, 0.717) is 10.7 Å². The Morgan fingerprint density at radius 1 is 1.00 bits per heavy atom. The maximum Gasteiger partial charge on any atom is 0.294 e. The number of hydrogen-bond acceptors (Lipinski definition) is 4. The van der Waals surface area contributed by atoms with Gasteiger partial charge >= 0.3 is 0 Å². The van der Waals surface area contributed by atoms with Gasteiger partial charge in [0.05, 0.1) is 11.9 Å². The molecule has 1 heterocycles. The summed E-state index contributed by atoms with van der Waals surface area (Å²) in [6, 6.07) is 15.3. The van der Waals surface area contributed by atoms with Crippen molar-refractivity contribution in [1.29, 1.82) is 0 Å². The quantitative estimate of drug-likeness (QED) is 0.627. The molecule has 0 saturated carbocycles. The maximum absolute atomic E-state index is 12.1. The first-order chi connectivity index (χ1) is 12.0. The molecule has 1 aromatic heterocycles. The third kappa shape index (κ3) is 3.78. The average molecular weight is 357 g/mol. The largest absolute Gasteiger partial charge is 0.504 e. The van der Waals surface area contributed by atoms with Crippen molar-refractivity contribution in [3.8, 4) is 11.4 Å². The molecule has 0 saturated heterocycles. The topological polar surface area (TPSA) is 96.3 Å². The SMILES string of the molecule is O=C(NNC(=O)c1nn(-c2ccccc2)cc1O)c1cccc(Cl)c1. The first-order valence-corrected chi connectivity index (χ1v) is 7.62. The molecule has 0 spiro atoms. The number of aromatic nitrogens is 2. The summed E-state index contributed by atoms with van der Waals surface area (Å²) < 4.78 is 1.36. The highest BCUT2D eigenvalue weighted by Gasteiger charge is 2.18. The molecule has 0 aliphatic rings. The lowest BCUT2D eigenvalue weighted by Gasteiger charge is -2.06. The van der Waals surface area contributed by atoms with Crippen molar-refractivity contribution in [2.24, 2.45) is 0 Å². The van der Waals surface area contributed by atoms with Crippen LogP contribution in [0.5, 0.6) is 5.75 Å². The van der Waals surface area contributed by atoms with Crippen LogP contribution in [0.3, 0.4) is 0 Å². The Kier molecular flexibility index (Phi) is 4.67. The molecule has 0 atom stereocenters. The van der Waals surface area contributed by atoms with Crippen LogP contribution in [0.2, 0.25) is 5.02 Å². The highest BCUT2D eigenvalue weighted by atomic mass is 35.5. The number of rotatable bonds is 3. The van der Waals surface area contributed by atoms with Gasteiger partial charge in [0.2, 0.25) is 0 Å². The van der Waals surface area contributed by atoms with Gasteiger partial charge in [0.1, 0.15) is 0 Å². The minimum absolute atomic E-state index is 0.213. The summed E-state index contributed by atoms with van der Waals surface area (Å²) in [5.41, 5.74) is 5.20. The van der Waals surface area contributed by atoms with Crippen molar-refractivity contribution in [3.63, 3.8) is 0 Å². The first-order valence-electron chi connectivity index (χ1n) is 7.25. The molecule has 0 aliphatic carbocycles. The number of carbonyl (C=O) groups excluding carboxylic acids is 2. The van der Waals surface area contributed by atoms with E-state index in [0.717, 1.165) is 0 Å². The maximum atomic E-state index is 12.1. The van der Waals surface area contributed by atoms with E-state index in [2.05, 4.69) is 16.0 Å². The van der Waals surface area contributed by atoms with Crippen molar-refractivity contribution in [2.45, 2.75) is 0 Å². The molecule has 7 nitrogen and oxygen atoms in total. The van der Waals surface area contributed by atoms with Crippen LogP contribution in [-0.2, 0) is 0 Å². The van der Waals surface area contributed by atoms with E-state index < -0.39 is 11.8 Å². The molecule has 0 radical (unpaired) electrons. The fraction of sp³-hybridized carbons (Fsp3) is 0. The number of carbonyl (C=O) groups is 2. The number of para-hydroxylation sites is 1. The first kappa shape index (κ1) is 16.5. The molecule has 0 bridgehead atoms. The number of benzene rings is 2. The number of nitrogens with zero attached hydrogens (tertiary/aromatic N) is 2. The van der Waals surface area contributed by atoms with E-state index in [1.165, 1.54) is 16.9 Å². The van der Waals surface area contributed by atoms with Crippen molar-refractivity contribution in [2.75, 3.05) is 0 Å². The highest BCUT2D eigenvalue weighted by molar-refractivity contribution is 6.30. The minimum Gasteiger partial charge on any atom is -0.504 e. The second-order valence-corrected chi connectivity index (χ2v) is 5.50. The second-order valence-electron chi connectivity index (χ2n) is 5.06. The van der Waals surface area contributed by atoms with Crippen LogP contribution in [-0.4, -0.2) is 26.7 Å². The molecule has 3 rings (SSSR count). The van der Waals surface area contributed by atoms with E-state index in [1.54, 1.807) is 42.5 Å². The Hall–Kier alpha value is -3.32. The Morgan fingerprint density at radius 3 is 2.44 bits per heavy atom. The molecular weight excluding hydrogens is 344 g/mol. The number of hydrazine groups is 1. The van der Waals surface area contributed by atoms with Gasteiger partial charge in [-0.15, -0.1) is 0 Å². The van der Waals surface area contributed by atoms with Gasteiger partial charge in [-0.25, -0.2) is 4.68 Å². The Balaban J connectivity index is 1.70. The summed E-state index contributed by atoms with van der Waals surface area (Å²) in [4.78, 5) is 24.1. The van der Waals surface area contributed by atoms with E-state index >= 15 is 0 Å². The van der Waals surface area contributed by atoms with Gasteiger partial charge < -0.3 is 5.11 Å². The van der Waals surface area contributed by atoms with Gasteiger partial charge in [-0.2, -0.15) is 5.10 Å². The highest BCUT2D eigenvalue weighted by Crippen LogP contribution is 2.17. The standard InChI is InChI=1S/C17H13ClN4O3/c18-12-6-4-5-11(9-12)16(24)19-20-17(25)15-14(23)10-22(21-15)13-7-2-1-3-8-13/h1-10,23H,(H,19,24)(H,20,25). The monoisotopic (exact) mass is 356 g/mol. The van der Waals surface area contributed by atoms with Gasteiger partial charge in [0.15, 0.2) is 11.4 Å². The van der Waals surface area contributed by atoms with Crippen LogP contribution in [0.4, 0.5) is 0 Å². The minimum atomic E-state index is -0.748. The van der Waals surface area contributed by atoms with Crippen LogP contribution in [0.25, 0.3) is 5.69 Å². The summed E-state index contributed by atoms with van der Waals surface area (Å²) in [6.45, 7) is 0. The lowest BCUT2D eigenvalue weighted by atomic mass is 10.2. The lowest BCUT2D eigenvalue weighted by molar-refractivity contribution is 0.0842. The van der Waals surface area contributed by atoms with Gasteiger partial charge in [-0.3, -0.25) is 20.4 Å². The molecule has 2 amide bonds. The van der Waals surface area contributed by atoms with Crippen LogP contribution in [0.1, 0.15) is 20.8 Å². The zero-order chi connectivity index (χ0) is 17.8. The average Bonchev–Trinajstić information content (AvgIpc) is 3.02. The summed E-state index contributed by atoms with van der Waals surface area (Å²) in [7, 11) is 0. The van der Waals surface area contributed by atoms with E-state index in [9.17, 15) is 14.7 Å². The molecule has 0 aliphatic heterocycles. The molecule has 8 heteroatoms. The van der Waals surface area contributed by atoms with Gasteiger partial charge in [0, 0.05) is 10.6 Å². The summed E-state index contributed by atoms with van der Waals surface area (Å²) in [5.74, 6) is -1.60. The van der Waals surface area contributed by atoms with Gasteiger partial charge in [-0.1, -0.05) is 35.9 Å². The Morgan fingerprint density at radius 2 is 1.72 bits per heavy atom. The molecule has 0 unspecified atom stereocenters. The van der Waals surface area contributed by atoms with Crippen molar-refractivity contribution >= 4 is 23.4 Å². The van der Waals surface area contributed by atoms with Crippen molar-refractivity contribution in [1.82, 2.24) is 20.6 Å². The zero-order valence-corrected chi connectivity index (χ0v) is 13.6. The van der Waals surface area contributed by atoms with Crippen molar-refractivity contribution < 1.29 is 14.7 Å². The molecule has 2 aromatic carbocycles. The van der Waals surface area contributed by atoms with Crippen LogP contribution < -0.4 is 10.9 Å². The van der Waals surface area contributed by atoms with Gasteiger partial charge in [0.25, 0.3) is 11.8 Å². The second kappa shape index (κ2) is 7.06. The fourth-order valence-electron chi connectivity index (χ4n) is 2.11. The number of hydrogen-bond donors (Lipinski definition) is 3. The number of amides is 2. The van der Waals surface area contributed by atoms with Crippen LogP contribution >= 0.6 is 11.6 Å². The molecule has 3 N–H and O–H groups in total. The predicted molar refractivity (Wildman–Crippen MR) is 91.6 cm³/mol.